The smallest absolute Gasteiger partial charge is 0.146 e. The number of aromatic nitrogens is 3. The topological polar surface area (TPSA) is 44.8 Å². The number of aromatic amines is 1. The van der Waals surface area contributed by atoms with Gasteiger partial charge in [-0.05, 0) is 46.1 Å². The van der Waals surface area contributed by atoms with E-state index in [1.807, 2.05) is 12.3 Å². The summed E-state index contributed by atoms with van der Waals surface area (Å²) in [5, 5.41) is 1.15. The molecule has 6 heteroatoms. The zero-order valence-electron chi connectivity index (χ0n) is 13.0. The first kappa shape index (κ1) is 15.5. The van der Waals surface area contributed by atoms with Crippen molar-refractivity contribution in [3.8, 4) is 0 Å². The molecule has 24 heavy (non-hydrogen) atoms. The fourth-order valence-corrected chi connectivity index (χ4v) is 3.51. The number of halogens is 2. The van der Waals surface area contributed by atoms with Gasteiger partial charge in [-0.25, -0.2) is 14.4 Å². The summed E-state index contributed by atoms with van der Waals surface area (Å²) in [6, 6.07) is 5.80. The van der Waals surface area contributed by atoms with Gasteiger partial charge in [0.2, 0.25) is 0 Å². The van der Waals surface area contributed by atoms with E-state index in [0.717, 1.165) is 30.5 Å². The first-order chi connectivity index (χ1) is 11.7. The highest BCUT2D eigenvalue weighted by atomic mass is 79.9. The SMILES string of the molecule is Fc1cnc(Br)cc1CN1CC=C(c2c[nH]c3ncccc23)CC1. The number of pyridine rings is 2. The van der Waals surface area contributed by atoms with Crippen LogP contribution in [0, 0.1) is 5.82 Å². The van der Waals surface area contributed by atoms with Crippen LogP contribution in [-0.2, 0) is 6.54 Å². The monoisotopic (exact) mass is 386 g/mol. The summed E-state index contributed by atoms with van der Waals surface area (Å²) in [7, 11) is 0. The second-order valence-corrected chi connectivity index (χ2v) is 6.73. The van der Waals surface area contributed by atoms with Gasteiger partial charge in [-0.1, -0.05) is 6.08 Å². The highest BCUT2D eigenvalue weighted by Gasteiger charge is 2.17. The molecule has 0 radical (unpaired) electrons. The molecule has 1 N–H and O–H groups in total. The molecule has 4 heterocycles. The molecule has 0 spiro atoms. The van der Waals surface area contributed by atoms with Gasteiger partial charge in [0.15, 0.2) is 0 Å². The lowest BCUT2D eigenvalue weighted by Gasteiger charge is -2.26. The van der Waals surface area contributed by atoms with Crippen LogP contribution < -0.4 is 0 Å². The molecule has 0 fully saturated rings. The van der Waals surface area contributed by atoms with E-state index < -0.39 is 0 Å². The van der Waals surface area contributed by atoms with Gasteiger partial charge in [0.25, 0.3) is 0 Å². The van der Waals surface area contributed by atoms with Crippen LogP contribution >= 0.6 is 15.9 Å². The Labute approximate surface area is 147 Å². The molecule has 3 aromatic heterocycles. The summed E-state index contributed by atoms with van der Waals surface area (Å²) in [4.78, 5) is 13.7. The van der Waals surface area contributed by atoms with Crippen molar-refractivity contribution < 1.29 is 4.39 Å². The third-order valence-corrected chi connectivity index (χ3v) is 4.82. The van der Waals surface area contributed by atoms with Crippen LogP contribution in [0.5, 0.6) is 0 Å². The largest absolute Gasteiger partial charge is 0.346 e. The first-order valence-corrected chi connectivity index (χ1v) is 8.64. The third-order valence-electron chi connectivity index (χ3n) is 4.39. The molecular weight excluding hydrogens is 371 g/mol. The normalized spacial score (nSPS) is 15.7. The lowest BCUT2D eigenvalue weighted by atomic mass is 9.99. The van der Waals surface area contributed by atoms with Crippen LogP contribution in [0.3, 0.4) is 0 Å². The molecule has 0 aromatic carbocycles. The van der Waals surface area contributed by atoms with E-state index >= 15 is 0 Å². The molecule has 4 nitrogen and oxygen atoms in total. The van der Waals surface area contributed by atoms with Crippen LogP contribution in [0.4, 0.5) is 4.39 Å². The van der Waals surface area contributed by atoms with Gasteiger partial charge < -0.3 is 4.98 Å². The zero-order valence-corrected chi connectivity index (χ0v) is 14.6. The van der Waals surface area contributed by atoms with Gasteiger partial charge >= 0.3 is 0 Å². The Balaban J connectivity index is 1.52. The summed E-state index contributed by atoms with van der Waals surface area (Å²) in [5.41, 5.74) is 4.13. The quantitative estimate of drug-likeness (QED) is 0.687. The molecule has 0 saturated carbocycles. The molecule has 0 amide bonds. The van der Waals surface area contributed by atoms with Crippen molar-refractivity contribution in [3.63, 3.8) is 0 Å². The Hall–Kier alpha value is -2.05. The standard InChI is InChI=1S/C18H16BrFN4/c19-17-8-13(16(20)10-22-17)11-24-6-3-12(4-7-24)15-9-23-18-14(15)2-1-5-21-18/h1-3,5,8-10H,4,6-7,11H2,(H,21,23). The maximum Gasteiger partial charge on any atom is 0.146 e. The number of nitrogens with zero attached hydrogens (tertiary/aromatic N) is 3. The number of hydrogen-bond acceptors (Lipinski definition) is 3. The fraction of sp³-hybridized carbons (Fsp3) is 0.222. The van der Waals surface area contributed by atoms with Gasteiger partial charge in [0.05, 0.1) is 6.20 Å². The van der Waals surface area contributed by atoms with Gasteiger partial charge in [0.1, 0.15) is 16.1 Å². The van der Waals surface area contributed by atoms with E-state index in [4.69, 9.17) is 0 Å². The second-order valence-electron chi connectivity index (χ2n) is 5.91. The van der Waals surface area contributed by atoms with Crippen molar-refractivity contribution >= 4 is 32.5 Å². The van der Waals surface area contributed by atoms with E-state index in [1.54, 1.807) is 12.3 Å². The van der Waals surface area contributed by atoms with Gasteiger partial charge in [-0.15, -0.1) is 0 Å². The van der Waals surface area contributed by atoms with Crippen LogP contribution in [0.15, 0.2) is 47.5 Å². The number of fused-ring (bicyclic) bond motifs is 1. The maximum atomic E-state index is 13.9. The van der Waals surface area contributed by atoms with Gasteiger partial charge in [0, 0.05) is 48.5 Å². The summed E-state index contributed by atoms with van der Waals surface area (Å²) in [5.74, 6) is -0.254. The highest BCUT2D eigenvalue weighted by Crippen LogP contribution is 2.29. The van der Waals surface area contributed by atoms with Gasteiger partial charge in [-0.3, -0.25) is 4.90 Å². The molecular formula is C18H16BrFN4. The minimum Gasteiger partial charge on any atom is -0.346 e. The Kier molecular flexibility index (Phi) is 4.16. The van der Waals surface area contributed by atoms with Crippen LogP contribution in [-0.4, -0.2) is 32.9 Å². The molecule has 0 unspecified atom stereocenters. The predicted octanol–water partition coefficient (Wildman–Crippen LogP) is 4.15. The maximum absolute atomic E-state index is 13.9. The van der Waals surface area contributed by atoms with Crippen LogP contribution in [0.1, 0.15) is 17.5 Å². The van der Waals surface area contributed by atoms with Crippen LogP contribution in [0.25, 0.3) is 16.6 Å². The average molecular weight is 387 g/mol. The second kappa shape index (κ2) is 6.45. The Morgan fingerprint density at radius 1 is 1.33 bits per heavy atom. The lowest BCUT2D eigenvalue weighted by Crippen LogP contribution is -2.28. The van der Waals surface area contributed by atoms with E-state index in [1.165, 1.54) is 17.3 Å². The van der Waals surface area contributed by atoms with E-state index in [0.29, 0.717) is 16.7 Å². The molecule has 1 aliphatic heterocycles. The van der Waals surface area contributed by atoms with Crippen LogP contribution in [0.2, 0.25) is 0 Å². The van der Waals surface area contributed by atoms with Crippen molar-refractivity contribution in [3.05, 3.63) is 64.4 Å². The number of nitrogens with one attached hydrogen (secondary N) is 1. The minimum atomic E-state index is -0.254. The Bertz CT molecular complexity index is 918. The Morgan fingerprint density at radius 2 is 2.25 bits per heavy atom. The molecule has 0 atom stereocenters. The summed E-state index contributed by atoms with van der Waals surface area (Å²) >= 11 is 3.30. The molecule has 3 aromatic rings. The minimum absolute atomic E-state index is 0.254. The van der Waals surface area contributed by atoms with E-state index in [9.17, 15) is 4.39 Å². The van der Waals surface area contributed by atoms with Crippen molar-refractivity contribution in [2.75, 3.05) is 13.1 Å². The Morgan fingerprint density at radius 3 is 3.08 bits per heavy atom. The third kappa shape index (κ3) is 2.99. The molecule has 122 valence electrons. The number of rotatable bonds is 3. The fourth-order valence-electron chi connectivity index (χ4n) is 3.13. The summed E-state index contributed by atoms with van der Waals surface area (Å²) in [6.45, 7) is 2.30. The average Bonchev–Trinajstić information content (AvgIpc) is 3.03. The van der Waals surface area contributed by atoms with Crippen molar-refractivity contribution in [1.29, 1.82) is 0 Å². The van der Waals surface area contributed by atoms with Crippen molar-refractivity contribution in [2.24, 2.45) is 0 Å². The summed E-state index contributed by atoms with van der Waals surface area (Å²) < 4.78 is 14.5. The number of H-pyrrole nitrogens is 1. The molecule has 0 aliphatic carbocycles. The predicted molar refractivity (Wildman–Crippen MR) is 95.9 cm³/mol. The molecule has 0 bridgehead atoms. The lowest BCUT2D eigenvalue weighted by molar-refractivity contribution is 0.289. The highest BCUT2D eigenvalue weighted by molar-refractivity contribution is 9.10. The van der Waals surface area contributed by atoms with Crippen molar-refractivity contribution in [1.82, 2.24) is 19.9 Å². The zero-order chi connectivity index (χ0) is 16.5. The van der Waals surface area contributed by atoms with E-state index in [-0.39, 0.29) is 5.82 Å². The first-order valence-electron chi connectivity index (χ1n) is 7.84. The summed E-state index contributed by atoms with van der Waals surface area (Å²) in [6.07, 6.45) is 8.26. The van der Waals surface area contributed by atoms with Crippen molar-refractivity contribution in [2.45, 2.75) is 13.0 Å². The van der Waals surface area contributed by atoms with E-state index in [2.05, 4.69) is 47.9 Å². The molecule has 0 saturated heterocycles. The molecule has 1 aliphatic rings. The number of hydrogen-bond donors (Lipinski definition) is 1. The molecule has 4 rings (SSSR count). The van der Waals surface area contributed by atoms with Gasteiger partial charge in [-0.2, -0.15) is 0 Å².